The molecule has 2 N–H and O–H groups in total. The Labute approximate surface area is 352 Å². The van der Waals surface area contributed by atoms with Crippen molar-refractivity contribution in [2.45, 2.75) is 130 Å². The van der Waals surface area contributed by atoms with Gasteiger partial charge in [0.25, 0.3) is 0 Å². The number of hydrogen-bond acceptors (Lipinski definition) is 5. The summed E-state index contributed by atoms with van der Waals surface area (Å²) in [5.74, 6) is 1.52. The number of benzene rings is 3. The van der Waals surface area contributed by atoms with Crippen LogP contribution < -0.4 is 5.32 Å². The fraction of sp³-hybridized carbons (Fsp3) is 0.585. The number of amides is 1. The van der Waals surface area contributed by atoms with E-state index in [4.69, 9.17) is 9.47 Å². The van der Waals surface area contributed by atoms with Gasteiger partial charge in [0, 0.05) is 11.5 Å². The number of rotatable bonds is 7. The number of ether oxygens (including phenoxy) is 2. The molecule has 1 unspecified atom stereocenters. The van der Waals surface area contributed by atoms with Crippen LogP contribution in [0.3, 0.4) is 0 Å². The van der Waals surface area contributed by atoms with Gasteiger partial charge in [0.05, 0.1) is 18.3 Å². The number of carbonyl (C=O) groups is 2. The van der Waals surface area contributed by atoms with Crippen LogP contribution in [0.5, 0.6) is 0 Å². The Morgan fingerprint density at radius 3 is 2.10 bits per heavy atom. The van der Waals surface area contributed by atoms with E-state index in [9.17, 15) is 14.7 Å². The van der Waals surface area contributed by atoms with Crippen LogP contribution in [0.2, 0.25) is 0 Å². The van der Waals surface area contributed by atoms with E-state index < -0.39 is 11.1 Å². The Morgan fingerprint density at radius 2 is 1.46 bits per heavy atom. The molecule has 0 spiro atoms. The predicted octanol–water partition coefficient (Wildman–Crippen LogP) is 12.0. The van der Waals surface area contributed by atoms with Gasteiger partial charge in [-0.1, -0.05) is 108 Å². The molecule has 59 heavy (non-hydrogen) atoms. The van der Waals surface area contributed by atoms with Gasteiger partial charge in [-0.3, -0.25) is 0 Å². The molecule has 1 amide bonds. The molecule has 6 heteroatoms. The Kier molecular flexibility index (Phi) is 9.66. The first-order valence-electron chi connectivity index (χ1n) is 22.8. The van der Waals surface area contributed by atoms with Gasteiger partial charge in [0.1, 0.15) is 6.61 Å². The second kappa shape index (κ2) is 14.1. The van der Waals surface area contributed by atoms with Gasteiger partial charge in [-0.2, -0.15) is 0 Å². The maximum atomic E-state index is 14.2. The standard InChI is InChI=1S/C53H67NO5/c1-9-52(7,57)42-25-29-53(54-47(56)59-32-39-37-16-12-10-14-35(37)36-15-11-13-17-38(36)39)31-30-50(5)41(45(42)53)22-23-44-49(4)27-24-40(33-18-20-34(21-19-33)46(55)58-8)48(2,3)43(49)26-28-51(44,50)6/h10-21,24,39,41-45,57H,9,22-23,25-32H2,1-8H3,(H,54,56)/t41-,42-,43+,44-,45+,49+,50-,51-,52?,53+/m1/s1. The zero-order valence-electron chi connectivity index (χ0n) is 36.8. The SMILES string of the molecule is CCC(C)(O)[C@@H]1CC[C@]2(NC(=O)OCC3c4ccccc4-c4ccccc43)CC[C@]3(C)[C@H](CC[C@@H]4[C@@]5(C)CC=C(c6ccc(C(=O)OC)cc6)C(C)(C)[C@@H]5CC[C@]43C)[C@@H]12. The minimum absolute atomic E-state index is 0.0165. The average molecular weight is 798 g/mol. The summed E-state index contributed by atoms with van der Waals surface area (Å²) in [5.41, 5.74) is 7.23. The summed E-state index contributed by atoms with van der Waals surface area (Å²) in [6, 6.07) is 25.1. The topological polar surface area (TPSA) is 84.9 Å². The van der Waals surface area contributed by atoms with Crippen LogP contribution in [-0.2, 0) is 9.47 Å². The zero-order chi connectivity index (χ0) is 41.8. The van der Waals surface area contributed by atoms with E-state index in [0.717, 1.165) is 38.5 Å². The molecule has 314 valence electrons. The summed E-state index contributed by atoms with van der Waals surface area (Å²) in [4.78, 5) is 26.4. The number of allylic oxidation sites excluding steroid dienone is 2. The van der Waals surface area contributed by atoms with Crippen LogP contribution >= 0.6 is 0 Å². The number of aliphatic hydroxyl groups is 1. The van der Waals surface area contributed by atoms with Crippen molar-refractivity contribution in [3.05, 3.63) is 101 Å². The van der Waals surface area contributed by atoms with Gasteiger partial charge in [-0.05, 0) is 168 Å². The quantitative estimate of drug-likeness (QED) is 0.233. The monoisotopic (exact) mass is 798 g/mol. The lowest BCUT2D eigenvalue weighted by Crippen LogP contribution is -2.69. The molecule has 9 rings (SSSR count). The largest absolute Gasteiger partial charge is 0.465 e. The van der Waals surface area contributed by atoms with E-state index in [1.165, 1.54) is 59.8 Å². The van der Waals surface area contributed by atoms with E-state index in [1.54, 1.807) is 0 Å². The molecular formula is C53H67NO5. The average Bonchev–Trinajstić information content (AvgIpc) is 3.76. The second-order valence-corrected chi connectivity index (χ2v) is 21.3. The molecular weight excluding hydrogens is 731 g/mol. The third-order valence-corrected chi connectivity index (χ3v) is 18.8. The number of hydrogen-bond donors (Lipinski definition) is 2. The first kappa shape index (κ1) is 40.5. The minimum Gasteiger partial charge on any atom is -0.465 e. The molecule has 4 fully saturated rings. The molecule has 0 bridgehead atoms. The lowest BCUT2D eigenvalue weighted by molar-refractivity contribution is -0.225. The van der Waals surface area contributed by atoms with E-state index in [-0.39, 0.29) is 51.5 Å². The van der Waals surface area contributed by atoms with Gasteiger partial charge in [-0.15, -0.1) is 0 Å². The van der Waals surface area contributed by atoms with E-state index in [1.807, 2.05) is 12.1 Å². The summed E-state index contributed by atoms with van der Waals surface area (Å²) in [6.07, 6.45) is 12.5. The first-order valence-corrected chi connectivity index (χ1v) is 22.8. The molecule has 0 aliphatic heterocycles. The summed E-state index contributed by atoms with van der Waals surface area (Å²) in [7, 11) is 1.43. The normalized spacial score (nSPS) is 36.3. The molecule has 3 aromatic carbocycles. The lowest BCUT2D eigenvalue weighted by atomic mass is 9.32. The molecule has 6 aliphatic carbocycles. The molecule has 0 aromatic heterocycles. The highest BCUT2D eigenvalue weighted by Crippen LogP contribution is 2.77. The Hall–Kier alpha value is -3.90. The minimum atomic E-state index is -0.807. The van der Waals surface area contributed by atoms with Gasteiger partial charge in [0.15, 0.2) is 0 Å². The van der Waals surface area contributed by atoms with Crippen LogP contribution in [0.1, 0.15) is 146 Å². The summed E-state index contributed by atoms with van der Waals surface area (Å²) < 4.78 is 11.3. The Bertz CT molecular complexity index is 2120. The highest BCUT2D eigenvalue weighted by atomic mass is 16.5. The van der Waals surface area contributed by atoms with Crippen molar-refractivity contribution in [2.75, 3.05) is 13.7 Å². The second-order valence-electron chi connectivity index (χ2n) is 21.3. The van der Waals surface area contributed by atoms with Crippen LogP contribution in [0.4, 0.5) is 4.79 Å². The number of esters is 1. The van der Waals surface area contributed by atoms with Crippen molar-refractivity contribution in [3.8, 4) is 11.1 Å². The smallest absolute Gasteiger partial charge is 0.407 e. The zero-order valence-corrected chi connectivity index (χ0v) is 36.8. The number of nitrogens with one attached hydrogen (secondary N) is 1. The third-order valence-electron chi connectivity index (χ3n) is 18.8. The first-order chi connectivity index (χ1) is 28.0. The maximum Gasteiger partial charge on any atom is 0.407 e. The van der Waals surface area contributed by atoms with Gasteiger partial charge in [0.2, 0.25) is 0 Å². The Morgan fingerprint density at radius 1 is 0.797 bits per heavy atom. The summed E-state index contributed by atoms with van der Waals surface area (Å²) in [6.45, 7) is 17.3. The summed E-state index contributed by atoms with van der Waals surface area (Å²) >= 11 is 0. The van der Waals surface area contributed by atoms with Crippen molar-refractivity contribution >= 4 is 17.6 Å². The maximum absolute atomic E-state index is 14.2. The Balaban J connectivity index is 0.990. The molecule has 0 saturated heterocycles. The molecule has 6 nitrogen and oxygen atoms in total. The summed E-state index contributed by atoms with van der Waals surface area (Å²) in [5, 5.41) is 15.8. The van der Waals surface area contributed by atoms with Crippen molar-refractivity contribution < 1.29 is 24.2 Å². The van der Waals surface area contributed by atoms with E-state index in [0.29, 0.717) is 36.3 Å². The van der Waals surface area contributed by atoms with Crippen LogP contribution in [0.25, 0.3) is 16.7 Å². The lowest BCUT2D eigenvalue weighted by Gasteiger charge is -2.72. The fourth-order valence-corrected chi connectivity index (χ4v) is 15.6. The number of alkyl carbamates (subject to hydrolysis) is 1. The highest BCUT2D eigenvalue weighted by molar-refractivity contribution is 5.90. The number of methoxy groups -OCH3 is 1. The molecule has 4 saturated carbocycles. The van der Waals surface area contributed by atoms with E-state index >= 15 is 0 Å². The highest BCUT2D eigenvalue weighted by Gasteiger charge is 2.71. The number of carbonyl (C=O) groups excluding carboxylic acids is 2. The van der Waals surface area contributed by atoms with Gasteiger partial charge < -0.3 is 19.9 Å². The van der Waals surface area contributed by atoms with Crippen molar-refractivity contribution in [1.82, 2.24) is 5.32 Å². The molecule has 3 aromatic rings. The molecule has 6 aliphatic rings. The predicted molar refractivity (Wildman–Crippen MR) is 235 cm³/mol. The van der Waals surface area contributed by atoms with E-state index in [2.05, 4.69) is 121 Å². The molecule has 0 radical (unpaired) electrons. The third kappa shape index (κ3) is 5.88. The van der Waals surface area contributed by atoms with Crippen LogP contribution in [0, 0.1) is 51.2 Å². The van der Waals surface area contributed by atoms with Crippen molar-refractivity contribution in [3.63, 3.8) is 0 Å². The molecule has 10 atom stereocenters. The van der Waals surface area contributed by atoms with Crippen LogP contribution in [0.15, 0.2) is 78.9 Å². The van der Waals surface area contributed by atoms with Crippen LogP contribution in [-0.4, -0.2) is 42.0 Å². The fourth-order valence-electron chi connectivity index (χ4n) is 15.6. The number of fused-ring (bicyclic) bond motifs is 10. The molecule has 0 heterocycles. The van der Waals surface area contributed by atoms with Crippen molar-refractivity contribution in [1.29, 1.82) is 0 Å². The van der Waals surface area contributed by atoms with Gasteiger partial charge >= 0.3 is 12.1 Å². The van der Waals surface area contributed by atoms with Gasteiger partial charge in [-0.25, -0.2) is 9.59 Å². The van der Waals surface area contributed by atoms with Crippen molar-refractivity contribution in [2.24, 2.45) is 51.2 Å².